The van der Waals surface area contributed by atoms with Gasteiger partial charge in [-0.05, 0) is 0 Å². The van der Waals surface area contributed by atoms with E-state index in [2.05, 4.69) is 41.8 Å². The van der Waals surface area contributed by atoms with Gasteiger partial charge in [0.1, 0.15) is 0 Å². The number of allylic oxidation sites excluding steroid dienone is 4. The molecule has 66 valence electrons. The lowest BCUT2D eigenvalue weighted by Crippen LogP contribution is -2.35. The van der Waals surface area contributed by atoms with Crippen LogP contribution in [0.2, 0.25) is 0 Å². The molecule has 1 fully saturated rings. The zero-order valence-corrected chi connectivity index (χ0v) is 7.23. The molecular weight excluding hydrogens is 162 g/mol. The van der Waals surface area contributed by atoms with Crippen molar-refractivity contribution in [3.63, 3.8) is 0 Å². The van der Waals surface area contributed by atoms with Crippen LogP contribution >= 0.6 is 0 Å². The molecule has 1 amide bonds. The molecule has 0 saturated carbocycles. The van der Waals surface area contributed by atoms with Crippen LogP contribution in [-0.4, -0.2) is 11.9 Å². The van der Waals surface area contributed by atoms with E-state index in [-0.39, 0.29) is 17.4 Å². The van der Waals surface area contributed by atoms with Crippen LogP contribution < -0.4 is 5.32 Å². The van der Waals surface area contributed by atoms with Crippen molar-refractivity contribution < 1.29 is 4.79 Å². The van der Waals surface area contributed by atoms with Gasteiger partial charge < -0.3 is 5.32 Å². The van der Waals surface area contributed by atoms with Crippen molar-refractivity contribution in [1.29, 1.82) is 0 Å². The Hall–Kier alpha value is -1.31. The molecule has 1 saturated heterocycles. The van der Waals surface area contributed by atoms with E-state index in [1.54, 1.807) is 0 Å². The van der Waals surface area contributed by atoms with Crippen LogP contribution in [0.3, 0.4) is 0 Å². The zero-order valence-electron chi connectivity index (χ0n) is 7.23. The largest absolute Gasteiger partial charge is 0.349 e. The van der Waals surface area contributed by atoms with Gasteiger partial charge in [0.05, 0.1) is 6.04 Å². The first-order valence-corrected chi connectivity index (χ1v) is 4.65. The number of rotatable bonds is 0. The fourth-order valence-corrected chi connectivity index (χ4v) is 2.64. The van der Waals surface area contributed by atoms with E-state index in [4.69, 9.17) is 0 Å². The maximum absolute atomic E-state index is 11.3. The Kier molecular flexibility index (Phi) is 1.17. The van der Waals surface area contributed by atoms with Gasteiger partial charge in [0.2, 0.25) is 5.91 Å². The molecule has 1 N–H and O–H groups in total. The third-order valence-corrected chi connectivity index (χ3v) is 3.33. The molecule has 3 aliphatic rings. The molecule has 0 aromatic rings. The van der Waals surface area contributed by atoms with Gasteiger partial charge >= 0.3 is 0 Å². The fourth-order valence-electron chi connectivity index (χ4n) is 2.64. The summed E-state index contributed by atoms with van der Waals surface area (Å²) < 4.78 is 0. The van der Waals surface area contributed by atoms with Crippen LogP contribution in [0.4, 0.5) is 0 Å². The first kappa shape index (κ1) is 7.13. The monoisotopic (exact) mass is 173 g/mol. The Morgan fingerprint density at radius 2 is 2.23 bits per heavy atom. The predicted molar refractivity (Wildman–Crippen MR) is 49.9 cm³/mol. The summed E-state index contributed by atoms with van der Waals surface area (Å²) in [5.41, 5.74) is 0.0336. The second-order valence-electron chi connectivity index (χ2n) is 3.99. The summed E-state index contributed by atoms with van der Waals surface area (Å²) >= 11 is 0. The van der Waals surface area contributed by atoms with Crippen LogP contribution in [0, 0.1) is 11.3 Å². The van der Waals surface area contributed by atoms with Crippen molar-refractivity contribution in [3.05, 3.63) is 36.5 Å². The standard InChI is InChI=1S/C11H11NO/c13-10-7-11-6-2-1-3-8(11)4-5-9(11)12-10/h1-6,8-9H,7H2,(H,12,13)/t8-,9+,11+/m1/s1. The Morgan fingerprint density at radius 3 is 3.15 bits per heavy atom. The minimum Gasteiger partial charge on any atom is -0.349 e. The molecule has 1 aliphatic heterocycles. The molecule has 0 unspecified atom stereocenters. The normalized spacial score (nSPS) is 44.8. The molecule has 2 nitrogen and oxygen atoms in total. The third kappa shape index (κ3) is 0.755. The number of hydrogen-bond donors (Lipinski definition) is 1. The molecule has 2 aliphatic carbocycles. The van der Waals surface area contributed by atoms with E-state index < -0.39 is 0 Å². The first-order valence-electron chi connectivity index (χ1n) is 4.65. The van der Waals surface area contributed by atoms with Crippen LogP contribution in [0.25, 0.3) is 0 Å². The van der Waals surface area contributed by atoms with Crippen LogP contribution in [-0.2, 0) is 4.79 Å². The molecule has 2 heteroatoms. The Balaban J connectivity index is 2.09. The van der Waals surface area contributed by atoms with Gasteiger partial charge in [-0.3, -0.25) is 4.79 Å². The number of amides is 1. The molecule has 1 spiro atoms. The number of carbonyl (C=O) groups is 1. The summed E-state index contributed by atoms with van der Waals surface area (Å²) in [6, 6.07) is 0.228. The summed E-state index contributed by atoms with van der Waals surface area (Å²) in [7, 11) is 0. The van der Waals surface area contributed by atoms with E-state index in [0.717, 1.165) is 0 Å². The molecule has 0 aromatic carbocycles. The lowest BCUT2D eigenvalue weighted by atomic mass is 9.72. The summed E-state index contributed by atoms with van der Waals surface area (Å²) in [4.78, 5) is 11.3. The van der Waals surface area contributed by atoms with Crippen molar-refractivity contribution in [3.8, 4) is 0 Å². The number of nitrogens with one attached hydrogen (secondary N) is 1. The smallest absolute Gasteiger partial charge is 0.221 e. The summed E-state index contributed by atoms with van der Waals surface area (Å²) in [6.45, 7) is 0. The van der Waals surface area contributed by atoms with Gasteiger partial charge in [0.25, 0.3) is 0 Å². The summed E-state index contributed by atoms with van der Waals surface area (Å²) in [6.07, 6.45) is 13.4. The molecule has 0 bridgehead atoms. The minimum atomic E-state index is 0.0336. The average Bonchev–Trinajstić information content (AvgIpc) is 2.57. The lowest BCUT2D eigenvalue weighted by Gasteiger charge is -2.31. The highest BCUT2D eigenvalue weighted by molar-refractivity contribution is 5.82. The van der Waals surface area contributed by atoms with E-state index in [9.17, 15) is 4.79 Å². The molecule has 3 atom stereocenters. The Labute approximate surface area is 77.0 Å². The Morgan fingerprint density at radius 1 is 1.31 bits per heavy atom. The van der Waals surface area contributed by atoms with E-state index >= 15 is 0 Å². The quantitative estimate of drug-likeness (QED) is 0.547. The van der Waals surface area contributed by atoms with Crippen molar-refractivity contribution >= 4 is 5.91 Å². The maximum atomic E-state index is 11.3. The molecule has 3 rings (SSSR count). The molecule has 1 heterocycles. The fraction of sp³-hybridized carbons (Fsp3) is 0.364. The van der Waals surface area contributed by atoms with Crippen LogP contribution in [0.15, 0.2) is 36.5 Å². The van der Waals surface area contributed by atoms with Crippen molar-refractivity contribution in [2.45, 2.75) is 12.5 Å². The SMILES string of the molecule is O=C1C[C@@]23C=CC=C[C@@H]2C=C[C@@H]3N1. The predicted octanol–water partition coefficient (Wildman–Crippen LogP) is 1.17. The molecular formula is C11H11NO. The highest BCUT2D eigenvalue weighted by Gasteiger charge is 2.51. The highest BCUT2D eigenvalue weighted by atomic mass is 16.2. The van der Waals surface area contributed by atoms with Crippen molar-refractivity contribution in [2.24, 2.45) is 11.3 Å². The molecule has 0 aromatic heterocycles. The number of carbonyl (C=O) groups excluding carboxylic acids is 1. The van der Waals surface area contributed by atoms with E-state index in [1.165, 1.54) is 0 Å². The van der Waals surface area contributed by atoms with Gasteiger partial charge in [0, 0.05) is 17.8 Å². The molecule has 13 heavy (non-hydrogen) atoms. The molecule has 0 radical (unpaired) electrons. The van der Waals surface area contributed by atoms with E-state index in [0.29, 0.717) is 12.3 Å². The Bertz CT molecular complexity index is 353. The van der Waals surface area contributed by atoms with Gasteiger partial charge in [0.15, 0.2) is 0 Å². The highest BCUT2D eigenvalue weighted by Crippen LogP contribution is 2.48. The summed E-state index contributed by atoms with van der Waals surface area (Å²) in [5.74, 6) is 0.598. The van der Waals surface area contributed by atoms with Gasteiger partial charge in [-0.25, -0.2) is 0 Å². The maximum Gasteiger partial charge on any atom is 0.221 e. The second-order valence-corrected chi connectivity index (χ2v) is 3.99. The minimum absolute atomic E-state index is 0.0336. The third-order valence-electron chi connectivity index (χ3n) is 3.33. The number of hydrogen-bond acceptors (Lipinski definition) is 1. The zero-order chi connectivity index (χ0) is 8.89. The summed E-state index contributed by atoms with van der Waals surface area (Å²) in [5, 5.41) is 2.99. The van der Waals surface area contributed by atoms with Crippen LogP contribution in [0.1, 0.15) is 6.42 Å². The second kappa shape index (κ2) is 2.13. The average molecular weight is 173 g/mol. The first-order chi connectivity index (χ1) is 6.31. The van der Waals surface area contributed by atoms with Gasteiger partial charge in [-0.1, -0.05) is 36.5 Å². The van der Waals surface area contributed by atoms with Gasteiger partial charge in [-0.2, -0.15) is 0 Å². The van der Waals surface area contributed by atoms with Crippen molar-refractivity contribution in [2.75, 3.05) is 0 Å². The lowest BCUT2D eigenvalue weighted by molar-refractivity contribution is -0.119. The van der Waals surface area contributed by atoms with Crippen LogP contribution in [0.5, 0.6) is 0 Å². The van der Waals surface area contributed by atoms with Crippen molar-refractivity contribution in [1.82, 2.24) is 5.32 Å². The van der Waals surface area contributed by atoms with E-state index in [1.807, 2.05) is 0 Å². The van der Waals surface area contributed by atoms with Gasteiger partial charge in [-0.15, -0.1) is 0 Å². The topological polar surface area (TPSA) is 29.1 Å².